The normalized spacial score (nSPS) is 15.7. The van der Waals surface area contributed by atoms with Crippen molar-refractivity contribution in [2.24, 2.45) is 0 Å². The molecule has 0 spiro atoms. The number of tetrazole rings is 1. The van der Waals surface area contributed by atoms with E-state index in [9.17, 15) is 0 Å². The second-order valence-electron chi connectivity index (χ2n) is 7.44. The molecule has 150 valence electrons. The van der Waals surface area contributed by atoms with Crippen LogP contribution in [0.1, 0.15) is 29.9 Å². The van der Waals surface area contributed by atoms with Crippen LogP contribution < -0.4 is 10.1 Å². The number of hydrogen-bond acceptors (Lipinski definition) is 5. The monoisotopic (exact) mass is 397 g/mol. The fourth-order valence-corrected chi connectivity index (χ4v) is 4.28. The molecule has 4 aromatic rings. The van der Waals surface area contributed by atoms with E-state index in [1.165, 1.54) is 11.1 Å². The molecule has 2 N–H and O–H groups in total. The fraction of sp³-hybridized carbons (Fsp3) is 0.208. The second kappa shape index (κ2) is 7.99. The van der Waals surface area contributed by atoms with Crippen molar-refractivity contribution in [3.63, 3.8) is 0 Å². The number of benzene rings is 3. The lowest BCUT2D eigenvalue weighted by molar-refractivity contribution is 0.318. The quantitative estimate of drug-likeness (QED) is 0.513. The highest BCUT2D eigenvalue weighted by atomic mass is 16.5. The van der Waals surface area contributed by atoms with E-state index in [-0.39, 0.29) is 5.92 Å². The van der Waals surface area contributed by atoms with E-state index in [4.69, 9.17) is 4.74 Å². The summed E-state index contributed by atoms with van der Waals surface area (Å²) in [5, 5.41) is 17.9. The van der Waals surface area contributed by atoms with Gasteiger partial charge < -0.3 is 10.1 Å². The highest BCUT2D eigenvalue weighted by molar-refractivity contribution is 5.84. The number of nitrogens with one attached hydrogen (secondary N) is 2. The van der Waals surface area contributed by atoms with Crippen LogP contribution in [0.4, 0.5) is 5.69 Å². The van der Waals surface area contributed by atoms with Crippen molar-refractivity contribution in [2.75, 3.05) is 19.0 Å². The summed E-state index contributed by atoms with van der Waals surface area (Å²) in [6.07, 6.45) is 2.07. The molecule has 0 amide bonds. The Morgan fingerprint density at radius 1 is 1.00 bits per heavy atom. The summed E-state index contributed by atoms with van der Waals surface area (Å²) in [4.78, 5) is 0. The van der Waals surface area contributed by atoms with Crippen LogP contribution in [0.25, 0.3) is 22.5 Å². The van der Waals surface area contributed by atoms with Gasteiger partial charge in [-0.1, -0.05) is 54.6 Å². The minimum Gasteiger partial charge on any atom is -0.491 e. The van der Waals surface area contributed by atoms with Gasteiger partial charge in [-0.25, -0.2) is 5.10 Å². The van der Waals surface area contributed by atoms with Crippen LogP contribution in [0.5, 0.6) is 5.75 Å². The predicted octanol–water partition coefficient (Wildman–Crippen LogP) is 4.88. The van der Waals surface area contributed by atoms with Gasteiger partial charge in [0.25, 0.3) is 0 Å². The Labute approximate surface area is 175 Å². The molecule has 0 fully saturated rings. The first-order valence-electron chi connectivity index (χ1n) is 10.2. The minimum absolute atomic E-state index is 0.287. The molecule has 5 rings (SSSR count). The zero-order chi connectivity index (χ0) is 20.3. The summed E-state index contributed by atoms with van der Waals surface area (Å²) < 4.78 is 6.21. The summed E-state index contributed by atoms with van der Waals surface area (Å²) in [6.45, 7) is 0.727. The highest BCUT2D eigenvalue weighted by Crippen LogP contribution is 2.45. The van der Waals surface area contributed by atoms with Crippen LogP contribution in [-0.2, 0) is 0 Å². The SMILES string of the molecule is CNc1cc(-c2ccccc2-c2nnn[nH]2)cc2c1OCCCC2c1ccccc1. The predicted molar refractivity (Wildman–Crippen MR) is 118 cm³/mol. The van der Waals surface area contributed by atoms with Gasteiger partial charge in [-0.2, -0.15) is 0 Å². The smallest absolute Gasteiger partial charge is 0.180 e. The number of rotatable bonds is 4. The first-order valence-corrected chi connectivity index (χ1v) is 10.2. The van der Waals surface area contributed by atoms with Crippen molar-refractivity contribution in [1.82, 2.24) is 20.6 Å². The van der Waals surface area contributed by atoms with Crippen LogP contribution in [0.3, 0.4) is 0 Å². The average molecular weight is 397 g/mol. The Morgan fingerprint density at radius 3 is 2.57 bits per heavy atom. The number of fused-ring (bicyclic) bond motifs is 1. The molecule has 0 radical (unpaired) electrons. The van der Waals surface area contributed by atoms with Gasteiger partial charge in [0, 0.05) is 24.1 Å². The zero-order valence-corrected chi connectivity index (χ0v) is 16.8. The van der Waals surface area contributed by atoms with E-state index in [1.807, 2.05) is 25.2 Å². The topological polar surface area (TPSA) is 75.7 Å². The molecular formula is C24H23N5O. The standard InChI is InChI=1S/C24H23N5O/c1-25-22-15-17(19-10-5-6-11-20(19)24-26-28-29-27-24)14-21-18(12-7-13-30-23(21)22)16-8-3-2-4-9-16/h2-6,8-11,14-15,18,25H,7,12-13H2,1H3,(H,26,27,28,29). The number of nitrogens with zero attached hydrogens (tertiary/aromatic N) is 3. The van der Waals surface area contributed by atoms with Crippen LogP contribution in [0.2, 0.25) is 0 Å². The molecule has 3 aromatic carbocycles. The third kappa shape index (κ3) is 3.30. The lowest BCUT2D eigenvalue weighted by atomic mass is 9.85. The summed E-state index contributed by atoms with van der Waals surface area (Å²) >= 11 is 0. The Balaban J connectivity index is 1.71. The van der Waals surface area contributed by atoms with Crippen molar-refractivity contribution in [1.29, 1.82) is 0 Å². The summed E-state index contributed by atoms with van der Waals surface area (Å²) in [5.41, 5.74) is 6.68. The van der Waals surface area contributed by atoms with Gasteiger partial charge in [0.1, 0.15) is 5.75 Å². The van der Waals surface area contributed by atoms with Gasteiger partial charge >= 0.3 is 0 Å². The van der Waals surface area contributed by atoms with Gasteiger partial charge in [-0.15, -0.1) is 5.10 Å². The molecule has 0 bridgehead atoms. The van der Waals surface area contributed by atoms with Crippen molar-refractivity contribution < 1.29 is 4.74 Å². The van der Waals surface area contributed by atoms with Gasteiger partial charge in [0.15, 0.2) is 5.82 Å². The van der Waals surface area contributed by atoms with E-state index in [0.29, 0.717) is 5.82 Å². The minimum atomic E-state index is 0.287. The molecule has 0 saturated carbocycles. The van der Waals surface area contributed by atoms with Gasteiger partial charge in [-0.05, 0) is 52.1 Å². The maximum atomic E-state index is 6.21. The number of hydrogen-bond donors (Lipinski definition) is 2. The molecule has 0 saturated heterocycles. The van der Waals surface area contributed by atoms with Crippen LogP contribution in [0.15, 0.2) is 66.7 Å². The molecule has 1 aromatic heterocycles. The Hall–Kier alpha value is -3.67. The molecule has 1 aliphatic rings. The van der Waals surface area contributed by atoms with Gasteiger partial charge in [0.2, 0.25) is 0 Å². The Kier molecular flexibility index (Phi) is 4.89. The molecule has 1 unspecified atom stereocenters. The third-order valence-electron chi connectivity index (χ3n) is 5.69. The molecular weight excluding hydrogens is 374 g/mol. The van der Waals surface area contributed by atoms with Crippen LogP contribution in [0, 0.1) is 0 Å². The molecule has 6 heteroatoms. The number of H-pyrrole nitrogens is 1. The van der Waals surface area contributed by atoms with E-state index in [2.05, 4.69) is 74.5 Å². The van der Waals surface area contributed by atoms with E-state index < -0.39 is 0 Å². The number of ether oxygens (including phenoxy) is 1. The Morgan fingerprint density at radius 2 is 1.80 bits per heavy atom. The largest absolute Gasteiger partial charge is 0.491 e. The van der Waals surface area contributed by atoms with E-state index in [0.717, 1.165) is 47.6 Å². The molecule has 0 aliphatic carbocycles. The maximum absolute atomic E-state index is 6.21. The first kappa shape index (κ1) is 18.4. The fourth-order valence-electron chi connectivity index (χ4n) is 4.28. The van der Waals surface area contributed by atoms with Crippen molar-refractivity contribution >= 4 is 5.69 Å². The molecule has 1 aliphatic heterocycles. The van der Waals surface area contributed by atoms with E-state index in [1.54, 1.807) is 0 Å². The Bertz CT molecular complexity index is 1140. The van der Waals surface area contributed by atoms with Crippen molar-refractivity contribution in [3.05, 3.63) is 77.9 Å². The van der Waals surface area contributed by atoms with Crippen LogP contribution in [-0.4, -0.2) is 34.3 Å². The highest BCUT2D eigenvalue weighted by Gasteiger charge is 2.25. The third-order valence-corrected chi connectivity index (χ3v) is 5.69. The average Bonchev–Trinajstić information content (AvgIpc) is 3.26. The molecule has 1 atom stereocenters. The lowest BCUT2D eigenvalue weighted by Crippen LogP contribution is -2.04. The first-order chi connectivity index (χ1) is 14.8. The lowest BCUT2D eigenvalue weighted by Gasteiger charge is -2.21. The molecule has 6 nitrogen and oxygen atoms in total. The van der Waals surface area contributed by atoms with Gasteiger partial charge in [-0.3, -0.25) is 0 Å². The zero-order valence-electron chi connectivity index (χ0n) is 16.8. The van der Waals surface area contributed by atoms with Crippen molar-refractivity contribution in [2.45, 2.75) is 18.8 Å². The van der Waals surface area contributed by atoms with Crippen LogP contribution >= 0.6 is 0 Å². The summed E-state index contributed by atoms with van der Waals surface area (Å²) in [6, 6.07) is 23.3. The molecule has 2 heterocycles. The second-order valence-corrected chi connectivity index (χ2v) is 7.44. The molecule has 30 heavy (non-hydrogen) atoms. The number of anilines is 1. The number of aromatic nitrogens is 4. The number of aromatic amines is 1. The van der Waals surface area contributed by atoms with E-state index >= 15 is 0 Å². The van der Waals surface area contributed by atoms with Gasteiger partial charge in [0.05, 0.1) is 12.3 Å². The van der Waals surface area contributed by atoms with Crippen molar-refractivity contribution in [3.8, 4) is 28.3 Å². The summed E-state index contributed by atoms with van der Waals surface area (Å²) in [7, 11) is 1.94. The summed E-state index contributed by atoms with van der Waals surface area (Å²) in [5.74, 6) is 1.89. The maximum Gasteiger partial charge on any atom is 0.180 e.